The SMILES string of the molecule is Cc1ccc(S(=O)(=O)CCCO)cc1.O=C(O)c1ccccc1O.[Zn]. The van der Waals surface area contributed by atoms with Gasteiger partial charge in [0.2, 0.25) is 0 Å². The second-order valence-corrected chi connectivity index (χ2v) is 7.14. The van der Waals surface area contributed by atoms with Gasteiger partial charge in [-0.3, -0.25) is 0 Å². The Kier molecular flexibility index (Phi) is 10.2. The standard InChI is InChI=1S/C10H14O3S.C7H6O3.Zn/c1-9-3-5-10(6-4-9)14(12,13)8-2-7-11;8-6-4-2-1-3-5(6)7(9)10;/h3-6,11H,2,7-8H2,1H3;1-4,8H,(H,9,10);. The smallest absolute Gasteiger partial charge is 0.339 e. The van der Waals surface area contributed by atoms with Crippen LogP contribution in [0.15, 0.2) is 53.4 Å². The van der Waals surface area contributed by atoms with E-state index >= 15 is 0 Å². The van der Waals surface area contributed by atoms with Gasteiger partial charge in [-0.1, -0.05) is 29.8 Å². The number of phenols is 1. The van der Waals surface area contributed by atoms with E-state index in [2.05, 4.69) is 0 Å². The molecule has 0 spiro atoms. The Hall–Kier alpha value is -1.76. The number of aromatic carboxylic acids is 1. The van der Waals surface area contributed by atoms with Crippen LogP contribution in [-0.2, 0) is 29.3 Å². The van der Waals surface area contributed by atoms with E-state index in [-0.39, 0.29) is 49.6 Å². The van der Waals surface area contributed by atoms with Crippen molar-refractivity contribution in [2.75, 3.05) is 12.4 Å². The van der Waals surface area contributed by atoms with Gasteiger partial charge >= 0.3 is 5.97 Å². The molecule has 0 heterocycles. The van der Waals surface area contributed by atoms with Crippen LogP contribution < -0.4 is 0 Å². The molecule has 3 N–H and O–H groups in total. The fourth-order valence-electron chi connectivity index (χ4n) is 1.77. The van der Waals surface area contributed by atoms with E-state index < -0.39 is 15.8 Å². The molecule has 0 unspecified atom stereocenters. The fourth-order valence-corrected chi connectivity index (χ4v) is 3.07. The number of carboxylic acids is 1. The largest absolute Gasteiger partial charge is 0.507 e. The van der Waals surface area contributed by atoms with Crippen LogP contribution in [-0.4, -0.2) is 42.1 Å². The first-order chi connectivity index (χ1) is 11.3. The Morgan fingerprint density at radius 3 is 2.04 bits per heavy atom. The average molecular weight is 418 g/mol. The average Bonchev–Trinajstić information content (AvgIpc) is 2.54. The molecule has 2 aromatic rings. The topological polar surface area (TPSA) is 112 Å². The second-order valence-electron chi connectivity index (χ2n) is 5.03. The molecule has 2 aromatic carbocycles. The Balaban J connectivity index is 0.000000465. The summed E-state index contributed by atoms with van der Waals surface area (Å²) in [6.45, 7) is 1.81. The Morgan fingerprint density at radius 1 is 1.04 bits per heavy atom. The van der Waals surface area contributed by atoms with Crippen molar-refractivity contribution in [3.05, 3.63) is 59.7 Å². The van der Waals surface area contributed by atoms with E-state index in [0.29, 0.717) is 4.90 Å². The third-order valence-corrected chi connectivity index (χ3v) is 4.90. The predicted molar refractivity (Wildman–Crippen MR) is 90.0 cm³/mol. The number of benzene rings is 2. The number of aromatic hydroxyl groups is 1. The first kappa shape index (κ1) is 23.2. The van der Waals surface area contributed by atoms with Gasteiger partial charge in [-0.15, -0.1) is 0 Å². The van der Waals surface area contributed by atoms with Gasteiger partial charge in [0, 0.05) is 26.1 Å². The maximum Gasteiger partial charge on any atom is 0.339 e. The minimum atomic E-state index is -3.20. The first-order valence-corrected chi connectivity index (χ1v) is 8.84. The van der Waals surface area contributed by atoms with E-state index in [1.807, 2.05) is 6.92 Å². The van der Waals surface area contributed by atoms with Gasteiger partial charge in [0.25, 0.3) is 0 Å². The molecule has 0 radical (unpaired) electrons. The molecule has 25 heavy (non-hydrogen) atoms. The summed E-state index contributed by atoms with van der Waals surface area (Å²) < 4.78 is 23.2. The van der Waals surface area contributed by atoms with E-state index in [9.17, 15) is 13.2 Å². The van der Waals surface area contributed by atoms with Gasteiger partial charge < -0.3 is 15.3 Å². The number of aliphatic hydroxyl groups excluding tert-OH is 1. The summed E-state index contributed by atoms with van der Waals surface area (Å²) in [5.74, 6) is -1.31. The summed E-state index contributed by atoms with van der Waals surface area (Å²) in [6.07, 6.45) is 0.288. The van der Waals surface area contributed by atoms with Crippen LogP contribution in [0.5, 0.6) is 5.75 Å². The molecule has 2 rings (SSSR count). The van der Waals surface area contributed by atoms with Crippen molar-refractivity contribution >= 4 is 15.8 Å². The Labute approximate surface area is 159 Å². The molecule has 0 bridgehead atoms. The van der Waals surface area contributed by atoms with Crippen LogP contribution >= 0.6 is 0 Å². The fraction of sp³-hybridized carbons (Fsp3) is 0.235. The number of rotatable bonds is 5. The molecule has 132 valence electrons. The zero-order valence-corrected chi connectivity index (χ0v) is 17.7. The normalized spacial score (nSPS) is 10.2. The van der Waals surface area contributed by atoms with E-state index in [1.54, 1.807) is 36.4 Å². The van der Waals surface area contributed by atoms with E-state index in [4.69, 9.17) is 15.3 Å². The maximum atomic E-state index is 11.6. The minimum absolute atomic E-state index is 0. The second kappa shape index (κ2) is 11.0. The number of aryl methyl sites for hydroxylation is 1. The molecule has 0 atom stereocenters. The van der Waals surface area contributed by atoms with Crippen LogP contribution in [0.25, 0.3) is 0 Å². The van der Waals surface area contributed by atoms with Crippen molar-refractivity contribution < 1.29 is 48.0 Å². The molecule has 0 saturated heterocycles. The molecule has 0 aliphatic rings. The zero-order chi connectivity index (χ0) is 18.2. The summed E-state index contributed by atoms with van der Waals surface area (Å²) >= 11 is 0. The number of hydrogen-bond acceptors (Lipinski definition) is 5. The number of aliphatic hydroxyl groups is 1. The van der Waals surface area contributed by atoms with Crippen molar-refractivity contribution in [3.63, 3.8) is 0 Å². The third kappa shape index (κ3) is 7.77. The van der Waals surface area contributed by atoms with Gasteiger partial charge in [0.1, 0.15) is 11.3 Å². The molecule has 8 heteroatoms. The molecule has 6 nitrogen and oxygen atoms in total. The van der Waals surface area contributed by atoms with Crippen molar-refractivity contribution in [1.82, 2.24) is 0 Å². The van der Waals surface area contributed by atoms with Crippen molar-refractivity contribution in [1.29, 1.82) is 0 Å². The Morgan fingerprint density at radius 2 is 1.60 bits per heavy atom. The molecular formula is C17H20O6SZn. The van der Waals surface area contributed by atoms with Crippen LogP contribution in [0.4, 0.5) is 0 Å². The van der Waals surface area contributed by atoms with Gasteiger partial charge in [0.05, 0.1) is 10.6 Å². The summed E-state index contributed by atoms with van der Waals surface area (Å²) in [6, 6.07) is 12.5. The van der Waals surface area contributed by atoms with Gasteiger partial charge in [-0.05, 0) is 37.6 Å². The van der Waals surface area contributed by atoms with Crippen LogP contribution in [0.3, 0.4) is 0 Å². The molecule has 0 saturated carbocycles. The third-order valence-electron chi connectivity index (χ3n) is 3.09. The van der Waals surface area contributed by atoms with Gasteiger partial charge in [-0.25, -0.2) is 13.2 Å². The van der Waals surface area contributed by atoms with Crippen LogP contribution in [0.1, 0.15) is 22.3 Å². The number of carbonyl (C=O) groups is 1. The molecular weight excluding hydrogens is 398 g/mol. The first-order valence-electron chi connectivity index (χ1n) is 7.19. The summed E-state index contributed by atoms with van der Waals surface area (Å²) in [4.78, 5) is 10.6. The summed E-state index contributed by atoms with van der Waals surface area (Å²) in [7, 11) is -3.20. The minimum Gasteiger partial charge on any atom is -0.507 e. The molecule has 0 aromatic heterocycles. The molecule has 0 fully saturated rings. The number of sulfone groups is 1. The maximum absolute atomic E-state index is 11.6. The zero-order valence-electron chi connectivity index (χ0n) is 13.9. The summed E-state index contributed by atoms with van der Waals surface area (Å²) in [5.41, 5.74) is 0.966. The van der Waals surface area contributed by atoms with Gasteiger partial charge in [0.15, 0.2) is 9.84 Å². The van der Waals surface area contributed by atoms with Crippen molar-refractivity contribution in [2.45, 2.75) is 18.2 Å². The van der Waals surface area contributed by atoms with Crippen molar-refractivity contribution in [2.24, 2.45) is 0 Å². The predicted octanol–water partition coefficient (Wildman–Crippen LogP) is 2.24. The molecule has 0 aliphatic carbocycles. The van der Waals surface area contributed by atoms with E-state index in [0.717, 1.165) is 5.56 Å². The van der Waals surface area contributed by atoms with Gasteiger partial charge in [-0.2, -0.15) is 0 Å². The monoisotopic (exact) mass is 416 g/mol. The van der Waals surface area contributed by atoms with Crippen LogP contribution in [0, 0.1) is 6.92 Å². The quantitative estimate of drug-likeness (QED) is 0.643. The van der Waals surface area contributed by atoms with E-state index in [1.165, 1.54) is 12.1 Å². The molecule has 0 aliphatic heterocycles. The van der Waals surface area contributed by atoms with Crippen molar-refractivity contribution in [3.8, 4) is 5.75 Å². The number of para-hydroxylation sites is 1. The summed E-state index contributed by atoms with van der Waals surface area (Å²) in [5, 5.41) is 25.9. The number of hydrogen-bond donors (Lipinski definition) is 3. The van der Waals surface area contributed by atoms with Crippen LogP contribution in [0.2, 0.25) is 0 Å². The number of carboxylic acid groups (broad SMARTS) is 1. The Bertz CT molecular complexity index is 772. The molecule has 0 amide bonds.